The highest BCUT2D eigenvalue weighted by atomic mass is 16.5. The average Bonchev–Trinajstić information content (AvgIpc) is 2.94. The Bertz CT molecular complexity index is 471. The van der Waals surface area contributed by atoms with Gasteiger partial charge in [-0.15, -0.1) is 0 Å². The predicted molar refractivity (Wildman–Crippen MR) is 66.8 cm³/mol. The van der Waals surface area contributed by atoms with Crippen LogP contribution >= 0.6 is 0 Å². The lowest BCUT2D eigenvalue weighted by Crippen LogP contribution is -2.39. The Balaban J connectivity index is 1.76. The highest BCUT2D eigenvalue weighted by molar-refractivity contribution is 5.09. The second-order valence-electron chi connectivity index (χ2n) is 4.39. The second kappa shape index (κ2) is 5.29. The van der Waals surface area contributed by atoms with Gasteiger partial charge in [0.05, 0.1) is 30.6 Å². The number of aromatic amines is 1. The molecule has 0 radical (unpaired) electrons. The third kappa shape index (κ3) is 2.42. The number of hydrogen-bond acceptors (Lipinski definition) is 4. The molecule has 1 N–H and O–H groups in total. The summed E-state index contributed by atoms with van der Waals surface area (Å²) in [4.78, 5) is 6.75. The zero-order valence-electron chi connectivity index (χ0n) is 10.1. The molecule has 5 heteroatoms. The third-order valence-electron chi connectivity index (χ3n) is 3.21. The van der Waals surface area contributed by atoms with Crippen molar-refractivity contribution in [3.63, 3.8) is 0 Å². The van der Waals surface area contributed by atoms with Gasteiger partial charge >= 0.3 is 0 Å². The van der Waals surface area contributed by atoms with Crippen molar-refractivity contribution in [1.82, 2.24) is 20.1 Å². The van der Waals surface area contributed by atoms with Crippen molar-refractivity contribution in [2.24, 2.45) is 0 Å². The van der Waals surface area contributed by atoms with Crippen molar-refractivity contribution < 1.29 is 4.74 Å². The number of nitrogens with one attached hydrogen (secondary N) is 1. The molecule has 2 aromatic heterocycles. The van der Waals surface area contributed by atoms with Crippen molar-refractivity contribution in [2.45, 2.75) is 12.6 Å². The van der Waals surface area contributed by atoms with Gasteiger partial charge in [-0.1, -0.05) is 6.07 Å². The van der Waals surface area contributed by atoms with Gasteiger partial charge < -0.3 is 4.74 Å². The summed E-state index contributed by atoms with van der Waals surface area (Å²) in [5, 5.41) is 7.05. The molecule has 0 saturated carbocycles. The van der Waals surface area contributed by atoms with Crippen LogP contribution in [0.5, 0.6) is 0 Å². The fourth-order valence-corrected chi connectivity index (χ4v) is 2.27. The Hall–Kier alpha value is -1.72. The summed E-state index contributed by atoms with van der Waals surface area (Å²) in [6, 6.07) is 8.26. The maximum Gasteiger partial charge on any atom is 0.0756 e. The molecule has 2 aromatic rings. The first kappa shape index (κ1) is 11.4. The van der Waals surface area contributed by atoms with Crippen LogP contribution in [0, 0.1) is 0 Å². The SMILES string of the molecule is c1ccc(CN2CCOC[C@@H]2c2ccn[nH]2)nc1. The molecule has 1 aliphatic heterocycles. The van der Waals surface area contributed by atoms with E-state index in [0.717, 1.165) is 31.1 Å². The highest BCUT2D eigenvalue weighted by Gasteiger charge is 2.25. The summed E-state index contributed by atoms with van der Waals surface area (Å²) in [6.45, 7) is 3.24. The van der Waals surface area contributed by atoms with Gasteiger partial charge in [-0.2, -0.15) is 5.10 Å². The molecule has 1 saturated heterocycles. The van der Waals surface area contributed by atoms with E-state index >= 15 is 0 Å². The van der Waals surface area contributed by atoms with Crippen LogP contribution < -0.4 is 0 Å². The number of morpholine rings is 1. The minimum atomic E-state index is 0.239. The van der Waals surface area contributed by atoms with Crippen molar-refractivity contribution in [2.75, 3.05) is 19.8 Å². The van der Waals surface area contributed by atoms with E-state index in [1.807, 2.05) is 24.4 Å². The topological polar surface area (TPSA) is 54.0 Å². The van der Waals surface area contributed by atoms with Gasteiger partial charge in [-0.25, -0.2) is 0 Å². The fourth-order valence-electron chi connectivity index (χ4n) is 2.27. The molecular formula is C13H16N4O. The van der Waals surface area contributed by atoms with Crippen molar-refractivity contribution in [3.05, 3.63) is 48.0 Å². The number of H-pyrrole nitrogens is 1. The lowest BCUT2D eigenvalue weighted by Gasteiger charge is -2.34. The lowest BCUT2D eigenvalue weighted by molar-refractivity contribution is -0.0148. The molecule has 0 unspecified atom stereocenters. The van der Waals surface area contributed by atoms with E-state index in [2.05, 4.69) is 26.1 Å². The summed E-state index contributed by atoms with van der Waals surface area (Å²) in [5.74, 6) is 0. The molecule has 1 aliphatic rings. The van der Waals surface area contributed by atoms with Crippen molar-refractivity contribution in [1.29, 1.82) is 0 Å². The Morgan fingerprint density at radius 1 is 1.33 bits per heavy atom. The molecule has 5 nitrogen and oxygen atoms in total. The normalized spacial score (nSPS) is 21.0. The standard InChI is InChI=1S/C13H16N4O/c1-2-5-14-11(3-1)9-17-7-8-18-10-13(17)12-4-6-15-16-12/h1-6,13H,7-10H2,(H,15,16)/t13-/m1/s1. The van der Waals surface area contributed by atoms with Crippen LogP contribution in [0.3, 0.4) is 0 Å². The highest BCUT2D eigenvalue weighted by Crippen LogP contribution is 2.23. The van der Waals surface area contributed by atoms with E-state index in [9.17, 15) is 0 Å². The van der Waals surface area contributed by atoms with Gasteiger partial charge in [0.15, 0.2) is 0 Å². The molecular weight excluding hydrogens is 228 g/mol. The minimum absolute atomic E-state index is 0.239. The van der Waals surface area contributed by atoms with E-state index in [1.54, 1.807) is 6.20 Å². The van der Waals surface area contributed by atoms with Crippen LogP contribution in [0.15, 0.2) is 36.7 Å². The molecule has 0 aliphatic carbocycles. The monoisotopic (exact) mass is 244 g/mol. The first-order valence-corrected chi connectivity index (χ1v) is 6.14. The summed E-state index contributed by atoms with van der Waals surface area (Å²) >= 11 is 0. The van der Waals surface area contributed by atoms with Crippen LogP contribution in [0.4, 0.5) is 0 Å². The Kier molecular flexibility index (Phi) is 3.34. The molecule has 1 fully saturated rings. The van der Waals surface area contributed by atoms with Gasteiger partial charge in [0.1, 0.15) is 0 Å². The maximum absolute atomic E-state index is 5.56. The molecule has 0 spiro atoms. The lowest BCUT2D eigenvalue weighted by atomic mass is 10.1. The zero-order chi connectivity index (χ0) is 12.2. The molecule has 0 aromatic carbocycles. The first-order valence-electron chi connectivity index (χ1n) is 6.14. The van der Waals surface area contributed by atoms with E-state index in [-0.39, 0.29) is 6.04 Å². The number of aromatic nitrogens is 3. The molecule has 0 bridgehead atoms. The van der Waals surface area contributed by atoms with Crippen LogP contribution in [-0.4, -0.2) is 39.8 Å². The number of ether oxygens (including phenoxy) is 1. The Morgan fingerprint density at radius 2 is 2.33 bits per heavy atom. The van der Waals surface area contributed by atoms with Crippen molar-refractivity contribution in [3.8, 4) is 0 Å². The molecule has 3 heterocycles. The summed E-state index contributed by atoms with van der Waals surface area (Å²) in [7, 11) is 0. The van der Waals surface area contributed by atoms with Crippen LogP contribution in [0.1, 0.15) is 17.4 Å². The van der Waals surface area contributed by atoms with E-state index in [1.165, 1.54) is 0 Å². The number of rotatable bonds is 3. The predicted octanol–water partition coefficient (Wildman–Crippen LogP) is 1.38. The van der Waals surface area contributed by atoms with Crippen LogP contribution in [0.25, 0.3) is 0 Å². The summed E-state index contributed by atoms with van der Waals surface area (Å²) in [5.41, 5.74) is 2.19. The molecule has 3 rings (SSSR count). The van der Waals surface area contributed by atoms with Gasteiger partial charge in [-0.05, 0) is 18.2 Å². The number of pyridine rings is 1. The van der Waals surface area contributed by atoms with E-state index in [4.69, 9.17) is 4.74 Å². The fraction of sp³-hybridized carbons (Fsp3) is 0.385. The molecule has 0 amide bonds. The third-order valence-corrected chi connectivity index (χ3v) is 3.21. The number of hydrogen-bond donors (Lipinski definition) is 1. The molecule has 18 heavy (non-hydrogen) atoms. The molecule has 1 atom stereocenters. The number of nitrogens with zero attached hydrogens (tertiary/aromatic N) is 3. The maximum atomic E-state index is 5.56. The quantitative estimate of drug-likeness (QED) is 0.886. The van der Waals surface area contributed by atoms with Gasteiger partial charge in [0.25, 0.3) is 0 Å². The van der Waals surface area contributed by atoms with E-state index in [0.29, 0.717) is 6.61 Å². The Labute approximate surface area is 106 Å². The largest absolute Gasteiger partial charge is 0.378 e. The van der Waals surface area contributed by atoms with Crippen molar-refractivity contribution >= 4 is 0 Å². The first-order chi connectivity index (χ1) is 8.93. The zero-order valence-corrected chi connectivity index (χ0v) is 10.1. The van der Waals surface area contributed by atoms with Crippen LogP contribution in [-0.2, 0) is 11.3 Å². The molecule has 94 valence electrons. The minimum Gasteiger partial charge on any atom is -0.378 e. The Morgan fingerprint density at radius 3 is 3.11 bits per heavy atom. The van der Waals surface area contributed by atoms with E-state index < -0.39 is 0 Å². The van der Waals surface area contributed by atoms with Crippen LogP contribution in [0.2, 0.25) is 0 Å². The average molecular weight is 244 g/mol. The summed E-state index contributed by atoms with van der Waals surface area (Å²) in [6.07, 6.45) is 3.61. The summed E-state index contributed by atoms with van der Waals surface area (Å²) < 4.78 is 5.56. The second-order valence-corrected chi connectivity index (χ2v) is 4.39. The van der Waals surface area contributed by atoms with Gasteiger partial charge in [-0.3, -0.25) is 15.0 Å². The smallest absolute Gasteiger partial charge is 0.0756 e. The van der Waals surface area contributed by atoms with Gasteiger partial charge in [0.2, 0.25) is 0 Å². The van der Waals surface area contributed by atoms with Gasteiger partial charge in [0, 0.05) is 25.5 Å².